The van der Waals surface area contributed by atoms with E-state index in [4.69, 9.17) is 11.6 Å². The van der Waals surface area contributed by atoms with Crippen molar-refractivity contribution in [2.24, 2.45) is 5.92 Å². The van der Waals surface area contributed by atoms with Crippen LogP contribution in [0.5, 0.6) is 0 Å². The Balaban J connectivity index is 1.87. The van der Waals surface area contributed by atoms with E-state index >= 15 is 0 Å². The van der Waals surface area contributed by atoms with Crippen molar-refractivity contribution in [1.82, 2.24) is 0 Å². The van der Waals surface area contributed by atoms with Crippen LogP contribution < -0.4 is 4.90 Å². The van der Waals surface area contributed by atoms with Crippen LogP contribution in [0.2, 0.25) is 0 Å². The maximum absolute atomic E-state index is 12.3. The molecule has 0 bridgehead atoms. The quantitative estimate of drug-likeness (QED) is 0.774. The molecule has 1 fully saturated rings. The lowest BCUT2D eigenvalue weighted by molar-refractivity contribution is -0.120. The van der Waals surface area contributed by atoms with Crippen molar-refractivity contribution in [1.29, 1.82) is 0 Å². The van der Waals surface area contributed by atoms with E-state index in [-0.39, 0.29) is 11.3 Å². The zero-order valence-corrected chi connectivity index (χ0v) is 12.3. The number of fused-ring (bicyclic) bond motifs is 1. The Morgan fingerprint density at radius 2 is 2.21 bits per heavy atom. The van der Waals surface area contributed by atoms with Crippen LogP contribution in [0.1, 0.15) is 37.8 Å². The van der Waals surface area contributed by atoms with Crippen molar-refractivity contribution >= 4 is 23.2 Å². The summed E-state index contributed by atoms with van der Waals surface area (Å²) in [7, 11) is 0. The summed E-state index contributed by atoms with van der Waals surface area (Å²) in [5.74, 6) is 0.612. The molecule has 1 amide bonds. The molecule has 102 valence electrons. The van der Waals surface area contributed by atoms with Crippen LogP contribution in [0.3, 0.4) is 0 Å². The van der Waals surface area contributed by atoms with Crippen molar-refractivity contribution in [3.8, 4) is 0 Å². The molecular formula is C16H20ClNO. The maximum atomic E-state index is 12.3. The molecule has 2 atom stereocenters. The molecule has 1 saturated carbocycles. The van der Waals surface area contributed by atoms with Crippen LogP contribution in [0.4, 0.5) is 5.69 Å². The lowest BCUT2D eigenvalue weighted by Gasteiger charge is -2.22. The third-order valence-electron chi connectivity index (χ3n) is 4.04. The first-order valence-electron chi connectivity index (χ1n) is 7.15. The number of amides is 1. The van der Waals surface area contributed by atoms with E-state index < -0.39 is 0 Å². The van der Waals surface area contributed by atoms with Gasteiger partial charge in [0.25, 0.3) is 0 Å². The molecule has 1 heterocycles. The van der Waals surface area contributed by atoms with Gasteiger partial charge in [0.15, 0.2) is 0 Å². The number of alkyl halides is 1. The molecule has 0 saturated heterocycles. The highest BCUT2D eigenvalue weighted by Crippen LogP contribution is 2.39. The molecule has 1 aliphatic carbocycles. The topological polar surface area (TPSA) is 20.3 Å². The Morgan fingerprint density at radius 1 is 1.47 bits per heavy atom. The molecule has 1 aliphatic heterocycles. The Labute approximate surface area is 119 Å². The van der Waals surface area contributed by atoms with Gasteiger partial charge in [-0.05, 0) is 56.7 Å². The van der Waals surface area contributed by atoms with Crippen LogP contribution in [0.15, 0.2) is 18.2 Å². The van der Waals surface area contributed by atoms with Gasteiger partial charge < -0.3 is 4.90 Å². The summed E-state index contributed by atoms with van der Waals surface area (Å²) >= 11 is 6.06. The summed E-state index contributed by atoms with van der Waals surface area (Å²) in [6, 6.07) is 6.74. The summed E-state index contributed by atoms with van der Waals surface area (Å²) in [6.07, 6.45) is 4.00. The Morgan fingerprint density at radius 3 is 2.84 bits per heavy atom. The molecule has 2 unspecified atom stereocenters. The number of halogens is 1. The second-order valence-corrected chi connectivity index (χ2v) is 6.73. The lowest BCUT2D eigenvalue weighted by atomic mass is 10.0. The number of rotatable bonds is 3. The molecule has 3 rings (SSSR count). The Bertz CT molecular complexity index is 507. The fraction of sp³-hybridized carbons (Fsp3) is 0.562. The highest BCUT2D eigenvalue weighted by molar-refractivity contribution is 6.20. The summed E-state index contributed by atoms with van der Waals surface area (Å²) in [5.41, 5.74) is 3.70. The minimum atomic E-state index is 0.154. The molecular weight excluding hydrogens is 258 g/mol. The predicted octanol–water partition coefficient (Wildman–Crippen LogP) is 3.54. The predicted molar refractivity (Wildman–Crippen MR) is 78.8 cm³/mol. The first kappa shape index (κ1) is 13.0. The second kappa shape index (κ2) is 4.82. The highest BCUT2D eigenvalue weighted by atomic mass is 35.5. The number of anilines is 1. The molecule has 0 aromatic heterocycles. The van der Waals surface area contributed by atoms with Crippen molar-refractivity contribution < 1.29 is 4.79 Å². The van der Waals surface area contributed by atoms with Gasteiger partial charge in [0.2, 0.25) is 5.91 Å². The van der Waals surface area contributed by atoms with Gasteiger partial charge in [0.05, 0.1) is 0 Å². The molecule has 1 aromatic carbocycles. The SMILES string of the molecule is CC(Cl)Cc1ccc2c(c1)CC(C)N2C(=O)C1CC1. The number of hydrogen-bond acceptors (Lipinski definition) is 1. The number of carbonyl (C=O) groups excluding carboxylic acids is 1. The molecule has 0 radical (unpaired) electrons. The van der Waals surface area contributed by atoms with Gasteiger partial charge in [-0.15, -0.1) is 11.6 Å². The molecule has 1 aromatic rings. The van der Waals surface area contributed by atoms with E-state index in [1.54, 1.807) is 0 Å². The second-order valence-electron chi connectivity index (χ2n) is 5.98. The average Bonchev–Trinajstić information content (AvgIpc) is 3.11. The summed E-state index contributed by atoms with van der Waals surface area (Å²) in [6.45, 7) is 4.16. The van der Waals surface area contributed by atoms with Crippen molar-refractivity contribution in [2.75, 3.05) is 4.90 Å². The lowest BCUT2D eigenvalue weighted by Crippen LogP contribution is -2.36. The minimum absolute atomic E-state index is 0.154. The van der Waals surface area contributed by atoms with E-state index in [9.17, 15) is 4.79 Å². The monoisotopic (exact) mass is 277 g/mol. The van der Waals surface area contributed by atoms with Crippen LogP contribution in [-0.4, -0.2) is 17.3 Å². The van der Waals surface area contributed by atoms with E-state index in [0.717, 1.165) is 31.4 Å². The van der Waals surface area contributed by atoms with Crippen molar-refractivity contribution in [3.63, 3.8) is 0 Å². The van der Waals surface area contributed by atoms with Gasteiger partial charge in [0, 0.05) is 23.0 Å². The minimum Gasteiger partial charge on any atom is -0.309 e. The van der Waals surface area contributed by atoms with Crippen molar-refractivity contribution in [3.05, 3.63) is 29.3 Å². The number of benzene rings is 1. The van der Waals surface area contributed by atoms with E-state index in [1.165, 1.54) is 11.1 Å². The number of carbonyl (C=O) groups is 1. The largest absolute Gasteiger partial charge is 0.309 e. The van der Waals surface area contributed by atoms with Gasteiger partial charge in [-0.25, -0.2) is 0 Å². The molecule has 2 nitrogen and oxygen atoms in total. The summed E-state index contributed by atoms with van der Waals surface area (Å²) in [4.78, 5) is 14.4. The third kappa shape index (κ3) is 2.51. The summed E-state index contributed by atoms with van der Waals surface area (Å²) in [5, 5.41) is 0.154. The van der Waals surface area contributed by atoms with E-state index in [1.807, 2.05) is 11.8 Å². The van der Waals surface area contributed by atoms with E-state index in [0.29, 0.717) is 11.9 Å². The van der Waals surface area contributed by atoms with Gasteiger partial charge in [0.1, 0.15) is 0 Å². The van der Waals surface area contributed by atoms with Gasteiger partial charge in [-0.1, -0.05) is 12.1 Å². The smallest absolute Gasteiger partial charge is 0.230 e. The third-order valence-corrected chi connectivity index (χ3v) is 4.19. The van der Waals surface area contributed by atoms with Crippen LogP contribution in [-0.2, 0) is 17.6 Å². The fourth-order valence-corrected chi connectivity index (χ4v) is 3.18. The van der Waals surface area contributed by atoms with Crippen LogP contribution in [0.25, 0.3) is 0 Å². The Hall–Kier alpha value is -1.02. The van der Waals surface area contributed by atoms with Gasteiger partial charge >= 0.3 is 0 Å². The highest BCUT2D eigenvalue weighted by Gasteiger charge is 2.39. The first-order valence-corrected chi connectivity index (χ1v) is 7.59. The fourth-order valence-electron chi connectivity index (χ4n) is 3.00. The first-order chi connectivity index (χ1) is 9.06. The zero-order chi connectivity index (χ0) is 13.6. The summed E-state index contributed by atoms with van der Waals surface area (Å²) < 4.78 is 0. The standard InChI is InChI=1S/C16H20ClNO/c1-10(17)7-12-3-6-15-14(9-12)8-11(2)18(15)16(19)13-4-5-13/h3,6,9-11,13H,4-5,7-8H2,1-2H3. The molecule has 2 aliphatic rings. The van der Waals surface area contributed by atoms with Gasteiger partial charge in [-0.3, -0.25) is 4.79 Å². The molecule has 19 heavy (non-hydrogen) atoms. The average molecular weight is 278 g/mol. The van der Waals surface area contributed by atoms with Gasteiger partial charge in [-0.2, -0.15) is 0 Å². The normalized spacial score (nSPS) is 23.3. The number of nitrogens with zero attached hydrogens (tertiary/aromatic N) is 1. The maximum Gasteiger partial charge on any atom is 0.230 e. The number of hydrogen-bond donors (Lipinski definition) is 0. The molecule has 3 heteroatoms. The molecule has 0 N–H and O–H groups in total. The van der Waals surface area contributed by atoms with Crippen LogP contribution >= 0.6 is 11.6 Å². The van der Waals surface area contributed by atoms with E-state index in [2.05, 4.69) is 25.1 Å². The van der Waals surface area contributed by atoms with Crippen LogP contribution in [0, 0.1) is 5.92 Å². The molecule has 0 spiro atoms. The van der Waals surface area contributed by atoms with Crippen molar-refractivity contribution in [2.45, 2.75) is 50.9 Å². The zero-order valence-electron chi connectivity index (χ0n) is 11.5. The Kier molecular flexibility index (Phi) is 3.30.